The van der Waals surface area contributed by atoms with E-state index in [0.717, 1.165) is 6.04 Å². The predicted octanol–water partition coefficient (Wildman–Crippen LogP) is 3.01. The van der Waals surface area contributed by atoms with Gasteiger partial charge in [0.15, 0.2) is 0 Å². The highest BCUT2D eigenvalue weighted by molar-refractivity contribution is 4.93. The molecule has 16 heavy (non-hydrogen) atoms. The third-order valence-corrected chi connectivity index (χ3v) is 4.57. The first-order chi connectivity index (χ1) is 7.86. The monoisotopic (exact) mass is 223 g/mol. The minimum absolute atomic E-state index is 0.289. The molecule has 0 amide bonds. The summed E-state index contributed by atoms with van der Waals surface area (Å²) in [5.74, 6) is 0. The van der Waals surface area contributed by atoms with Gasteiger partial charge in [-0.2, -0.15) is 0 Å². The first kappa shape index (κ1) is 11.0. The van der Waals surface area contributed by atoms with Gasteiger partial charge >= 0.3 is 0 Å². The average Bonchev–Trinajstić information content (AvgIpc) is 2.90. The van der Waals surface area contributed by atoms with Crippen LogP contribution < -0.4 is 5.32 Å². The van der Waals surface area contributed by atoms with Gasteiger partial charge in [-0.3, -0.25) is 0 Å². The van der Waals surface area contributed by atoms with Gasteiger partial charge in [0, 0.05) is 6.04 Å². The third kappa shape index (κ3) is 2.60. The third-order valence-electron chi connectivity index (χ3n) is 4.57. The zero-order valence-corrected chi connectivity index (χ0v) is 10.3. The largest absolute Gasteiger partial charge is 0.372 e. The molecule has 3 aliphatic rings. The summed E-state index contributed by atoms with van der Waals surface area (Å²) < 4.78 is 6.40. The van der Waals surface area contributed by atoms with Gasteiger partial charge in [-0.25, -0.2) is 0 Å². The Kier molecular flexibility index (Phi) is 3.21. The Bertz CT molecular complexity index is 227. The fraction of sp³-hybridized carbons (Fsp3) is 1.00. The summed E-state index contributed by atoms with van der Waals surface area (Å²) in [5.41, 5.74) is 0.289. The maximum atomic E-state index is 6.40. The maximum absolute atomic E-state index is 6.40. The van der Waals surface area contributed by atoms with E-state index in [9.17, 15) is 0 Å². The highest BCUT2D eigenvalue weighted by Crippen LogP contribution is 2.41. The molecule has 3 aliphatic carbocycles. The smallest absolute Gasteiger partial charge is 0.0698 e. The van der Waals surface area contributed by atoms with Gasteiger partial charge < -0.3 is 10.1 Å². The minimum atomic E-state index is 0.289. The Morgan fingerprint density at radius 3 is 2.31 bits per heavy atom. The van der Waals surface area contributed by atoms with Crippen LogP contribution in [0.4, 0.5) is 0 Å². The van der Waals surface area contributed by atoms with Crippen LogP contribution in [0.25, 0.3) is 0 Å². The lowest BCUT2D eigenvalue weighted by molar-refractivity contribution is -0.140. The van der Waals surface area contributed by atoms with Crippen LogP contribution in [0.2, 0.25) is 0 Å². The zero-order valence-electron chi connectivity index (χ0n) is 10.3. The van der Waals surface area contributed by atoms with Gasteiger partial charge in [0.25, 0.3) is 0 Å². The molecule has 0 radical (unpaired) electrons. The van der Waals surface area contributed by atoms with Crippen LogP contribution in [0.15, 0.2) is 0 Å². The highest BCUT2D eigenvalue weighted by atomic mass is 16.5. The van der Waals surface area contributed by atoms with Crippen molar-refractivity contribution in [3.05, 3.63) is 0 Å². The second kappa shape index (κ2) is 4.66. The van der Waals surface area contributed by atoms with E-state index in [0.29, 0.717) is 6.10 Å². The van der Waals surface area contributed by atoms with Gasteiger partial charge in [0.05, 0.1) is 11.7 Å². The molecule has 0 aromatic carbocycles. The van der Waals surface area contributed by atoms with Crippen molar-refractivity contribution < 1.29 is 4.74 Å². The first-order valence-electron chi connectivity index (χ1n) is 7.28. The minimum Gasteiger partial charge on any atom is -0.372 e. The molecular weight excluding hydrogens is 198 g/mol. The summed E-state index contributed by atoms with van der Waals surface area (Å²) in [7, 11) is 0. The van der Waals surface area contributed by atoms with E-state index in [4.69, 9.17) is 4.74 Å². The van der Waals surface area contributed by atoms with Crippen LogP contribution in [0.5, 0.6) is 0 Å². The van der Waals surface area contributed by atoms with E-state index in [-0.39, 0.29) is 5.60 Å². The average molecular weight is 223 g/mol. The molecule has 0 heterocycles. The van der Waals surface area contributed by atoms with Gasteiger partial charge in [-0.1, -0.05) is 12.8 Å². The Morgan fingerprint density at radius 2 is 1.75 bits per heavy atom. The van der Waals surface area contributed by atoms with Gasteiger partial charge in [-0.15, -0.1) is 0 Å². The number of hydrogen-bond acceptors (Lipinski definition) is 2. The number of ether oxygens (including phenoxy) is 1. The predicted molar refractivity (Wildman–Crippen MR) is 65.6 cm³/mol. The van der Waals surface area contributed by atoms with Crippen molar-refractivity contribution in [2.45, 2.75) is 82.0 Å². The van der Waals surface area contributed by atoms with E-state index >= 15 is 0 Å². The van der Waals surface area contributed by atoms with Crippen LogP contribution in [-0.2, 0) is 4.74 Å². The molecule has 0 aromatic heterocycles. The summed E-state index contributed by atoms with van der Waals surface area (Å²) in [6.07, 6.45) is 14.1. The molecule has 0 unspecified atom stereocenters. The fourth-order valence-corrected chi connectivity index (χ4v) is 3.15. The summed E-state index contributed by atoms with van der Waals surface area (Å²) >= 11 is 0. The topological polar surface area (TPSA) is 21.3 Å². The Labute approximate surface area is 99.1 Å². The molecular formula is C14H25NO. The SMILES string of the molecule is C1CCC(OC2(CCNC3CC3)CCC2)C1. The normalized spacial score (nSPS) is 29.2. The molecule has 3 rings (SSSR count). The van der Waals surface area contributed by atoms with Crippen molar-refractivity contribution >= 4 is 0 Å². The van der Waals surface area contributed by atoms with Gasteiger partial charge in [-0.05, 0) is 57.9 Å². The second-order valence-corrected chi connectivity index (χ2v) is 6.04. The Balaban J connectivity index is 1.43. The quantitative estimate of drug-likeness (QED) is 0.747. The van der Waals surface area contributed by atoms with Crippen LogP contribution in [0.3, 0.4) is 0 Å². The van der Waals surface area contributed by atoms with E-state index in [2.05, 4.69) is 5.32 Å². The zero-order chi connectivity index (χ0) is 10.8. The van der Waals surface area contributed by atoms with E-state index in [1.54, 1.807) is 0 Å². The molecule has 0 atom stereocenters. The highest BCUT2D eigenvalue weighted by Gasteiger charge is 2.40. The van der Waals surface area contributed by atoms with Crippen LogP contribution >= 0.6 is 0 Å². The number of rotatable bonds is 6. The van der Waals surface area contributed by atoms with E-state index in [1.807, 2.05) is 0 Å². The van der Waals surface area contributed by atoms with Crippen molar-refractivity contribution in [2.24, 2.45) is 0 Å². The Hall–Kier alpha value is -0.0800. The van der Waals surface area contributed by atoms with Crippen molar-refractivity contribution in [1.29, 1.82) is 0 Å². The number of hydrogen-bond donors (Lipinski definition) is 1. The van der Waals surface area contributed by atoms with Crippen molar-refractivity contribution in [2.75, 3.05) is 6.54 Å². The number of nitrogens with one attached hydrogen (secondary N) is 1. The molecule has 2 nitrogen and oxygen atoms in total. The molecule has 92 valence electrons. The van der Waals surface area contributed by atoms with Crippen LogP contribution in [0, 0.1) is 0 Å². The molecule has 1 N–H and O–H groups in total. The van der Waals surface area contributed by atoms with Crippen LogP contribution in [-0.4, -0.2) is 24.3 Å². The molecule has 3 saturated carbocycles. The molecule has 2 heteroatoms. The second-order valence-electron chi connectivity index (χ2n) is 6.04. The summed E-state index contributed by atoms with van der Waals surface area (Å²) in [6, 6.07) is 0.851. The summed E-state index contributed by atoms with van der Waals surface area (Å²) in [5, 5.41) is 3.63. The standard InChI is InChI=1S/C14H25NO/c1-2-5-13(4-1)16-14(8-3-9-14)10-11-15-12-6-7-12/h12-13,15H,1-11H2. The van der Waals surface area contributed by atoms with E-state index < -0.39 is 0 Å². The molecule has 3 fully saturated rings. The molecule has 0 bridgehead atoms. The molecule has 0 aliphatic heterocycles. The lowest BCUT2D eigenvalue weighted by atomic mass is 9.77. The lowest BCUT2D eigenvalue weighted by Gasteiger charge is -2.44. The fourth-order valence-electron chi connectivity index (χ4n) is 3.15. The summed E-state index contributed by atoms with van der Waals surface area (Å²) in [6.45, 7) is 1.18. The maximum Gasteiger partial charge on any atom is 0.0698 e. The van der Waals surface area contributed by atoms with E-state index in [1.165, 1.54) is 70.8 Å². The molecule has 0 saturated heterocycles. The van der Waals surface area contributed by atoms with Gasteiger partial charge in [0.1, 0.15) is 0 Å². The van der Waals surface area contributed by atoms with Crippen molar-refractivity contribution in [3.8, 4) is 0 Å². The first-order valence-corrected chi connectivity index (χ1v) is 7.28. The lowest BCUT2D eigenvalue weighted by Crippen LogP contribution is -2.45. The summed E-state index contributed by atoms with van der Waals surface area (Å²) in [4.78, 5) is 0. The van der Waals surface area contributed by atoms with Crippen molar-refractivity contribution in [3.63, 3.8) is 0 Å². The Morgan fingerprint density at radius 1 is 1.00 bits per heavy atom. The van der Waals surface area contributed by atoms with Gasteiger partial charge in [0.2, 0.25) is 0 Å². The van der Waals surface area contributed by atoms with Crippen molar-refractivity contribution in [1.82, 2.24) is 5.32 Å². The van der Waals surface area contributed by atoms with Crippen LogP contribution in [0.1, 0.15) is 64.2 Å². The molecule has 0 spiro atoms. The molecule has 0 aromatic rings.